The van der Waals surface area contributed by atoms with Crippen molar-refractivity contribution in [3.8, 4) is 0 Å². The Morgan fingerprint density at radius 1 is 1.32 bits per heavy atom. The maximum absolute atomic E-state index is 13.3. The maximum atomic E-state index is 13.3. The van der Waals surface area contributed by atoms with Gasteiger partial charge in [-0.1, -0.05) is 0 Å². The number of hydrogen-bond donors (Lipinski definition) is 2. The Labute approximate surface area is 108 Å². The lowest BCUT2D eigenvalue weighted by Gasteiger charge is -2.08. The Morgan fingerprint density at radius 2 is 2.05 bits per heavy atom. The van der Waals surface area contributed by atoms with Gasteiger partial charge in [0.05, 0.1) is 11.5 Å². The molecule has 0 spiro atoms. The first-order chi connectivity index (χ1) is 9.06. The van der Waals surface area contributed by atoms with Crippen LogP contribution in [0.25, 0.3) is 0 Å². The molecule has 0 saturated heterocycles. The number of nitro groups is 1. The lowest BCUT2D eigenvalue weighted by atomic mass is 10.2. The number of hydrogen-bond acceptors (Lipinski definition) is 5. The standard InChI is InChI=1S/C11H15F2N3O3/c1-19-5-4-14-2-3-15-10-7-8(12)6-9(13)11(10)16(17)18/h6-7,14-15H,2-5H2,1H3. The van der Waals surface area contributed by atoms with Crippen LogP contribution < -0.4 is 10.6 Å². The number of rotatable bonds is 8. The predicted octanol–water partition coefficient (Wildman–Crippen LogP) is 1.52. The van der Waals surface area contributed by atoms with Crippen molar-refractivity contribution < 1.29 is 18.4 Å². The van der Waals surface area contributed by atoms with E-state index in [0.717, 1.165) is 6.07 Å². The molecule has 0 atom stereocenters. The van der Waals surface area contributed by atoms with Crippen LogP contribution in [0.15, 0.2) is 12.1 Å². The van der Waals surface area contributed by atoms with Crippen LogP contribution in [0, 0.1) is 21.7 Å². The second-order valence-corrected chi connectivity index (χ2v) is 3.71. The number of anilines is 1. The highest BCUT2D eigenvalue weighted by Crippen LogP contribution is 2.28. The highest BCUT2D eigenvalue weighted by molar-refractivity contribution is 5.62. The third-order valence-corrected chi connectivity index (χ3v) is 2.31. The van der Waals surface area contributed by atoms with Gasteiger partial charge in [0.15, 0.2) is 0 Å². The van der Waals surface area contributed by atoms with Gasteiger partial charge in [-0.2, -0.15) is 4.39 Å². The molecular formula is C11H15F2N3O3. The van der Waals surface area contributed by atoms with Crippen molar-refractivity contribution in [2.24, 2.45) is 0 Å². The van der Waals surface area contributed by atoms with Gasteiger partial charge in [-0.25, -0.2) is 4.39 Å². The average molecular weight is 275 g/mol. The Balaban J connectivity index is 2.59. The van der Waals surface area contributed by atoms with Crippen molar-refractivity contribution in [2.45, 2.75) is 0 Å². The van der Waals surface area contributed by atoms with Crippen LogP contribution in [0.3, 0.4) is 0 Å². The van der Waals surface area contributed by atoms with E-state index < -0.39 is 22.2 Å². The molecule has 6 nitrogen and oxygen atoms in total. The van der Waals surface area contributed by atoms with Gasteiger partial charge >= 0.3 is 5.69 Å². The van der Waals surface area contributed by atoms with E-state index in [0.29, 0.717) is 32.3 Å². The molecule has 2 N–H and O–H groups in total. The van der Waals surface area contributed by atoms with E-state index in [9.17, 15) is 18.9 Å². The second-order valence-electron chi connectivity index (χ2n) is 3.71. The minimum atomic E-state index is -1.19. The number of nitro benzene ring substituents is 1. The molecule has 0 heterocycles. The SMILES string of the molecule is COCCNCCNc1cc(F)cc(F)c1[N+](=O)[O-]. The molecular weight excluding hydrogens is 260 g/mol. The number of nitrogens with zero attached hydrogens (tertiary/aromatic N) is 1. The number of methoxy groups -OCH3 is 1. The Morgan fingerprint density at radius 3 is 2.68 bits per heavy atom. The Hall–Kier alpha value is -1.80. The molecule has 8 heteroatoms. The molecule has 1 rings (SSSR count). The van der Waals surface area contributed by atoms with Crippen LogP contribution in [0.4, 0.5) is 20.2 Å². The Kier molecular flexibility index (Phi) is 6.10. The summed E-state index contributed by atoms with van der Waals surface area (Å²) in [5.41, 5.74) is -0.922. The van der Waals surface area contributed by atoms with E-state index in [2.05, 4.69) is 10.6 Å². The molecule has 0 aromatic heterocycles. The predicted molar refractivity (Wildman–Crippen MR) is 66.2 cm³/mol. The van der Waals surface area contributed by atoms with Crippen LogP contribution in [0.5, 0.6) is 0 Å². The summed E-state index contributed by atoms with van der Waals surface area (Å²) in [6.45, 7) is 1.94. The lowest BCUT2D eigenvalue weighted by molar-refractivity contribution is -0.386. The fraction of sp³-hybridized carbons (Fsp3) is 0.455. The molecule has 19 heavy (non-hydrogen) atoms. The van der Waals surface area contributed by atoms with Crippen LogP contribution in [-0.4, -0.2) is 38.3 Å². The van der Waals surface area contributed by atoms with Gasteiger partial charge < -0.3 is 15.4 Å². The van der Waals surface area contributed by atoms with Crippen LogP contribution in [0.1, 0.15) is 0 Å². The summed E-state index contributed by atoms with van der Waals surface area (Å²) in [7, 11) is 1.57. The van der Waals surface area contributed by atoms with Gasteiger partial charge in [0, 0.05) is 38.9 Å². The number of halogens is 2. The van der Waals surface area contributed by atoms with Crippen molar-refractivity contribution in [3.63, 3.8) is 0 Å². The zero-order chi connectivity index (χ0) is 14.3. The van der Waals surface area contributed by atoms with E-state index in [1.807, 2.05) is 0 Å². The van der Waals surface area contributed by atoms with Gasteiger partial charge in [0.2, 0.25) is 5.82 Å². The number of nitrogens with one attached hydrogen (secondary N) is 2. The molecule has 0 aliphatic carbocycles. The largest absolute Gasteiger partial charge is 0.383 e. The summed E-state index contributed by atoms with van der Waals surface area (Å²) in [5.74, 6) is -2.06. The summed E-state index contributed by atoms with van der Waals surface area (Å²) in [6.07, 6.45) is 0. The topological polar surface area (TPSA) is 76.4 Å². The molecule has 0 amide bonds. The molecule has 1 aromatic rings. The van der Waals surface area contributed by atoms with Crippen molar-refractivity contribution >= 4 is 11.4 Å². The maximum Gasteiger partial charge on any atom is 0.327 e. The monoisotopic (exact) mass is 275 g/mol. The average Bonchev–Trinajstić information content (AvgIpc) is 2.32. The first kappa shape index (κ1) is 15.3. The van der Waals surface area contributed by atoms with Crippen LogP contribution >= 0.6 is 0 Å². The molecule has 106 valence electrons. The van der Waals surface area contributed by atoms with Crippen molar-refractivity contribution in [1.82, 2.24) is 5.32 Å². The van der Waals surface area contributed by atoms with Crippen LogP contribution in [-0.2, 0) is 4.74 Å². The van der Waals surface area contributed by atoms with Gasteiger partial charge in [0.25, 0.3) is 0 Å². The minimum absolute atomic E-state index is 0.170. The normalized spacial score (nSPS) is 10.5. The molecule has 0 unspecified atom stereocenters. The molecule has 1 aromatic carbocycles. The highest BCUT2D eigenvalue weighted by Gasteiger charge is 2.21. The quantitative estimate of drug-likeness (QED) is 0.427. The fourth-order valence-corrected chi connectivity index (χ4v) is 1.47. The molecule has 0 aliphatic heterocycles. The molecule has 0 radical (unpaired) electrons. The number of ether oxygens (including phenoxy) is 1. The minimum Gasteiger partial charge on any atom is -0.383 e. The molecule has 0 aliphatic rings. The molecule has 0 fully saturated rings. The van der Waals surface area contributed by atoms with E-state index >= 15 is 0 Å². The smallest absolute Gasteiger partial charge is 0.327 e. The first-order valence-corrected chi connectivity index (χ1v) is 5.63. The summed E-state index contributed by atoms with van der Waals surface area (Å²) in [5, 5.41) is 16.3. The van der Waals surface area contributed by atoms with Crippen LogP contribution in [0.2, 0.25) is 0 Å². The summed E-state index contributed by atoms with van der Waals surface area (Å²) in [6, 6.07) is 1.39. The van der Waals surface area contributed by atoms with Crippen molar-refractivity contribution in [1.29, 1.82) is 0 Å². The van der Waals surface area contributed by atoms with Crippen molar-refractivity contribution in [3.05, 3.63) is 33.9 Å². The van der Waals surface area contributed by atoms with E-state index in [1.54, 1.807) is 7.11 Å². The number of benzene rings is 1. The van der Waals surface area contributed by atoms with Crippen molar-refractivity contribution in [2.75, 3.05) is 38.7 Å². The van der Waals surface area contributed by atoms with Gasteiger partial charge in [-0.3, -0.25) is 10.1 Å². The summed E-state index contributed by atoms with van der Waals surface area (Å²) >= 11 is 0. The fourth-order valence-electron chi connectivity index (χ4n) is 1.47. The van der Waals surface area contributed by atoms with Gasteiger partial charge in [-0.15, -0.1) is 0 Å². The van der Waals surface area contributed by atoms with E-state index in [1.165, 1.54) is 0 Å². The van der Waals surface area contributed by atoms with E-state index in [-0.39, 0.29) is 5.69 Å². The van der Waals surface area contributed by atoms with Gasteiger partial charge in [-0.05, 0) is 0 Å². The molecule has 0 bridgehead atoms. The zero-order valence-corrected chi connectivity index (χ0v) is 10.4. The highest BCUT2D eigenvalue weighted by atomic mass is 19.1. The van der Waals surface area contributed by atoms with Gasteiger partial charge in [0.1, 0.15) is 11.5 Å². The third-order valence-electron chi connectivity index (χ3n) is 2.31. The second kappa shape index (κ2) is 7.59. The zero-order valence-electron chi connectivity index (χ0n) is 10.4. The Bertz CT molecular complexity index is 443. The third kappa shape index (κ3) is 4.76. The van der Waals surface area contributed by atoms with E-state index in [4.69, 9.17) is 4.74 Å². The molecule has 0 saturated carbocycles. The lowest BCUT2D eigenvalue weighted by Crippen LogP contribution is -2.25. The first-order valence-electron chi connectivity index (χ1n) is 5.63. The summed E-state index contributed by atoms with van der Waals surface area (Å²) < 4.78 is 31.1. The summed E-state index contributed by atoms with van der Waals surface area (Å²) in [4.78, 5) is 9.82.